The SMILES string of the molecule is Cc1ccc(N(CC(=O)N/N=C/c2cc(C)n(-c3cccc(Cl)c3)c2C)S(=O)(=O)c2ccc(C)cc2)cc1. The van der Waals surface area contributed by atoms with Gasteiger partial charge in [-0.15, -0.1) is 0 Å². The normalized spacial score (nSPS) is 11.6. The Hall–Kier alpha value is -3.88. The summed E-state index contributed by atoms with van der Waals surface area (Å²) in [5.74, 6) is -0.568. The zero-order valence-corrected chi connectivity index (χ0v) is 23.2. The molecule has 0 spiro atoms. The standard InChI is InChI=1S/C29H29ClN4O3S/c1-20-8-12-26(13-9-20)33(38(36,37)28-14-10-21(2)11-15-28)19-29(35)32-31-18-24-16-22(3)34(23(24)4)27-7-5-6-25(30)17-27/h5-18H,19H2,1-4H3,(H,32,35)/b31-18+. The molecule has 0 aliphatic heterocycles. The van der Waals surface area contributed by atoms with Gasteiger partial charge < -0.3 is 4.57 Å². The van der Waals surface area contributed by atoms with Crippen LogP contribution in [0, 0.1) is 27.7 Å². The summed E-state index contributed by atoms with van der Waals surface area (Å²) in [5, 5.41) is 4.75. The van der Waals surface area contributed by atoms with Crippen molar-refractivity contribution < 1.29 is 13.2 Å². The lowest BCUT2D eigenvalue weighted by atomic mass is 10.2. The maximum absolute atomic E-state index is 13.5. The second kappa shape index (κ2) is 11.2. The lowest BCUT2D eigenvalue weighted by Crippen LogP contribution is -2.39. The summed E-state index contributed by atoms with van der Waals surface area (Å²) in [7, 11) is -3.99. The lowest BCUT2D eigenvalue weighted by molar-refractivity contribution is -0.119. The summed E-state index contributed by atoms with van der Waals surface area (Å²) < 4.78 is 30.1. The van der Waals surface area contributed by atoms with E-state index in [1.807, 2.05) is 62.6 Å². The van der Waals surface area contributed by atoms with Gasteiger partial charge in [0.15, 0.2) is 0 Å². The highest BCUT2D eigenvalue weighted by Crippen LogP contribution is 2.25. The zero-order chi connectivity index (χ0) is 27.4. The molecule has 1 heterocycles. The average Bonchev–Trinajstić information content (AvgIpc) is 3.16. The van der Waals surface area contributed by atoms with Crippen molar-refractivity contribution in [3.05, 3.63) is 112 Å². The number of aryl methyl sites for hydroxylation is 3. The van der Waals surface area contributed by atoms with Gasteiger partial charge in [-0.2, -0.15) is 5.10 Å². The first-order valence-electron chi connectivity index (χ1n) is 12.0. The minimum absolute atomic E-state index is 0.105. The van der Waals surface area contributed by atoms with Crippen LogP contribution in [0.25, 0.3) is 5.69 Å². The number of hydrogen-bond donors (Lipinski definition) is 1. The molecule has 0 unspecified atom stereocenters. The summed E-state index contributed by atoms with van der Waals surface area (Å²) in [5.41, 5.74) is 8.41. The van der Waals surface area contributed by atoms with E-state index in [4.69, 9.17) is 11.6 Å². The number of carbonyl (C=O) groups is 1. The molecule has 0 atom stereocenters. The minimum Gasteiger partial charge on any atom is -0.318 e. The molecule has 0 saturated heterocycles. The van der Waals surface area contributed by atoms with Crippen molar-refractivity contribution in [3.8, 4) is 5.69 Å². The van der Waals surface area contributed by atoms with Crippen LogP contribution in [0.15, 0.2) is 88.9 Å². The first-order valence-corrected chi connectivity index (χ1v) is 13.8. The molecule has 7 nitrogen and oxygen atoms in total. The Balaban J connectivity index is 1.55. The fourth-order valence-electron chi connectivity index (χ4n) is 4.13. The summed E-state index contributed by atoms with van der Waals surface area (Å²) in [6, 6.07) is 23.0. The fourth-order valence-corrected chi connectivity index (χ4v) is 5.74. The number of sulfonamides is 1. The van der Waals surface area contributed by atoms with Crippen molar-refractivity contribution in [2.45, 2.75) is 32.6 Å². The van der Waals surface area contributed by atoms with Gasteiger partial charge in [0.25, 0.3) is 15.9 Å². The molecule has 0 saturated carbocycles. The first kappa shape index (κ1) is 27.2. The third kappa shape index (κ3) is 5.98. The number of halogens is 1. The third-order valence-corrected chi connectivity index (χ3v) is 8.17. The molecule has 196 valence electrons. The molecule has 1 N–H and O–H groups in total. The number of benzene rings is 3. The average molecular weight is 549 g/mol. The quantitative estimate of drug-likeness (QED) is 0.226. The number of anilines is 1. The van der Waals surface area contributed by atoms with E-state index in [-0.39, 0.29) is 4.90 Å². The van der Waals surface area contributed by atoms with Crippen LogP contribution in [0.1, 0.15) is 28.1 Å². The number of aromatic nitrogens is 1. The first-order chi connectivity index (χ1) is 18.1. The van der Waals surface area contributed by atoms with E-state index in [9.17, 15) is 13.2 Å². The van der Waals surface area contributed by atoms with Crippen LogP contribution in [0.5, 0.6) is 0 Å². The molecule has 1 amide bonds. The number of hydrazone groups is 1. The Labute approximate surface area is 228 Å². The van der Waals surface area contributed by atoms with Crippen LogP contribution < -0.4 is 9.73 Å². The molecule has 0 radical (unpaired) electrons. The van der Waals surface area contributed by atoms with Gasteiger partial charge in [-0.05, 0) is 76.2 Å². The summed E-state index contributed by atoms with van der Waals surface area (Å²) in [6.45, 7) is 7.28. The number of nitrogens with zero attached hydrogens (tertiary/aromatic N) is 3. The smallest absolute Gasteiger partial charge is 0.264 e. The molecular weight excluding hydrogens is 520 g/mol. The molecule has 0 bridgehead atoms. The van der Waals surface area contributed by atoms with E-state index >= 15 is 0 Å². The minimum atomic E-state index is -3.99. The van der Waals surface area contributed by atoms with Gasteiger partial charge in [-0.3, -0.25) is 9.10 Å². The Morgan fingerprint density at radius 3 is 2.21 bits per heavy atom. The second-order valence-corrected chi connectivity index (χ2v) is 11.4. The number of carbonyl (C=O) groups excluding carboxylic acids is 1. The predicted octanol–water partition coefficient (Wildman–Crippen LogP) is 5.71. The van der Waals surface area contributed by atoms with Crippen molar-refractivity contribution in [2.75, 3.05) is 10.8 Å². The molecule has 1 aromatic heterocycles. The molecule has 0 fully saturated rings. The van der Waals surface area contributed by atoms with Crippen LogP contribution in [0.3, 0.4) is 0 Å². The largest absolute Gasteiger partial charge is 0.318 e. The maximum Gasteiger partial charge on any atom is 0.264 e. The number of amides is 1. The molecule has 0 aliphatic carbocycles. The second-order valence-electron chi connectivity index (χ2n) is 9.10. The lowest BCUT2D eigenvalue weighted by Gasteiger charge is -2.24. The van der Waals surface area contributed by atoms with Crippen LogP contribution in [0.4, 0.5) is 5.69 Å². The van der Waals surface area contributed by atoms with Gasteiger partial charge in [0.05, 0.1) is 16.8 Å². The predicted molar refractivity (Wildman–Crippen MR) is 153 cm³/mol. The summed E-state index contributed by atoms with van der Waals surface area (Å²) >= 11 is 6.16. The Morgan fingerprint density at radius 1 is 0.947 bits per heavy atom. The topological polar surface area (TPSA) is 83.8 Å². The molecule has 38 heavy (non-hydrogen) atoms. The summed E-state index contributed by atoms with van der Waals surface area (Å²) in [6.07, 6.45) is 1.55. The van der Waals surface area contributed by atoms with Crippen LogP contribution in [0.2, 0.25) is 5.02 Å². The van der Waals surface area contributed by atoms with E-state index in [2.05, 4.69) is 10.5 Å². The molecule has 4 aromatic rings. The highest BCUT2D eigenvalue weighted by molar-refractivity contribution is 7.92. The van der Waals surface area contributed by atoms with Gasteiger partial charge in [0, 0.05) is 27.7 Å². The number of nitrogens with one attached hydrogen (secondary N) is 1. The van der Waals surface area contributed by atoms with Gasteiger partial charge in [0.2, 0.25) is 0 Å². The maximum atomic E-state index is 13.5. The molecule has 9 heteroatoms. The Bertz CT molecular complexity index is 1590. The van der Waals surface area contributed by atoms with Gasteiger partial charge in [0.1, 0.15) is 6.54 Å². The van der Waals surface area contributed by atoms with E-state index in [0.717, 1.165) is 38.1 Å². The third-order valence-electron chi connectivity index (χ3n) is 6.15. The number of rotatable bonds is 8. The van der Waals surface area contributed by atoms with Crippen LogP contribution >= 0.6 is 11.6 Å². The molecule has 3 aromatic carbocycles. The molecule has 0 aliphatic rings. The fraction of sp³-hybridized carbons (Fsp3) is 0.172. The van der Waals surface area contributed by atoms with E-state index < -0.39 is 22.5 Å². The Morgan fingerprint density at radius 2 is 1.58 bits per heavy atom. The van der Waals surface area contributed by atoms with E-state index in [1.165, 1.54) is 12.1 Å². The highest BCUT2D eigenvalue weighted by Gasteiger charge is 2.27. The highest BCUT2D eigenvalue weighted by atomic mass is 35.5. The van der Waals surface area contributed by atoms with E-state index in [0.29, 0.717) is 10.7 Å². The van der Waals surface area contributed by atoms with Gasteiger partial charge >= 0.3 is 0 Å². The van der Waals surface area contributed by atoms with E-state index in [1.54, 1.807) is 42.6 Å². The summed E-state index contributed by atoms with van der Waals surface area (Å²) in [4.78, 5) is 13.0. The molecular formula is C29H29ClN4O3S. The van der Waals surface area contributed by atoms with Crippen molar-refractivity contribution in [1.82, 2.24) is 9.99 Å². The zero-order valence-electron chi connectivity index (χ0n) is 21.6. The van der Waals surface area contributed by atoms with Crippen molar-refractivity contribution in [2.24, 2.45) is 5.10 Å². The van der Waals surface area contributed by atoms with Crippen molar-refractivity contribution >= 4 is 39.4 Å². The van der Waals surface area contributed by atoms with Crippen LogP contribution in [-0.2, 0) is 14.8 Å². The van der Waals surface area contributed by atoms with Crippen molar-refractivity contribution in [1.29, 1.82) is 0 Å². The van der Waals surface area contributed by atoms with Gasteiger partial charge in [-0.1, -0.05) is 53.1 Å². The molecule has 4 rings (SSSR count). The number of hydrogen-bond acceptors (Lipinski definition) is 4. The Kier molecular flexibility index (Phi) is 8.04. The monoisotopic (exact) mass is 548 g/mol. The van der Waals surface area contributed by atoms with Crippen LogP contribution in [-0.4, -0.2) is 31.7 Å². The van der Waals surface area contributed by atoms with Gasteiger partial charge in [-0.25, -0.2) is 13.8 Å². The van der Waals surface area contributed by atoms with Crippen molar-refractivity contribution in [3.63, 3.8) is 0 Å².